The molecule has 20 heavy (non-hydrogen) atoms. The maximum Gasteiger partial charge on any atom is 0.229 e. The predicted molar refractivity (Wildman–Crippen MR) is 76.4 cm³/mol. The van der Waals surface area contributed by atoms with Gasteiger partial charge >= 0.3 is 0 Å². The Bertz CT molecular complexity index is 674. The minimum atomic E-state index is -0.0182. The van der Waals surface area contributed by atoms with Gasteiger partial charge in [0, 0.05) is 7.05 Å². The maximum atomic E-state index is 8.87. The van der Waals surface area contributed by atoms with Crippen LogP contribution in [0.5, 0.6) is 11.6 Å². The third-order valence-corrected chi connectivity index (χ3v) is 3.07. The van der Waals surface area contributed by atoms with Crippen LogP contribution >= 0.6 is 0 Å². The standard InChI is InChI=1S/C14H18N4O2/c1-8-5-6-11(9(2)7-8)20-14-12(13(15)17-19)10(3)16-18(14)4/h5-7,19H,1-4H3,(H2,15,17). The van der Waals surface area contributed by atoms with Crippen LogP contribution in [0.3, 0.4) is 0 Å². The van der Waals surface area contributed by atoms with Crippen molar-refractivity contribution >= 4 is 5.84 Å². The van der Waals surface area contributed by atoms with Crippen molar-refractivity contribution in [2.24, 2.45) is 17.9 Å². The van der Waals surface area contributed by atoms with Gasteiger partial charge in [-0.25, -0.2) is 4.68 Å². The summed E-state index contributed by atoms with van der Waals surface area (Å²) in [5.41, 5.74) is 9.00. The summed E-state index contributed by atoms with van der Waals surface area (Å²) in [6.45, 7) is 5.77. The largest absolute Gasteiger partial charge is 0.438 e. The Morgan fingerprint density at radius 1 is 1.35 bits per heavy atom. The highest BCUT2D eigenvalue weighted by atomic mass is 16.5. The number of amidine groups is 1. The van der Waals surface area contributed by atoms with Gasteiger partial charge in [-0.2, -0.15) is 5.10 Å². The number of rotatable bonds is 3. The first kappa shape index (κ1) is 13.9. The van der Waals surface area contributed by atoms with Gasteiger partial charge in [-0.05, 0) is 32.4 Å². The van der Waals surface area contributed by atoms with E-state index in [0.29, 0.717) is 22.9 Å². The van der Waals surface area contributed by atoms with Crippen molar-refractivity contribution < 1.29 is 9.94 Å². The normalized spacial score (nSPS) is 11.7. The molecule has 2 rings (SSSR count). The second kappa shape index (κ2) is 5.24. The van der Waals surface area contributed by atoms with Crippen LogP contribution in [0.4, 0.5) is 0 Å². The molecule has 6 nitrogen and oxygen atoms in total. The number of hydrogen-bond donors (Lipinski definition) is 2. The Hall–Kier alpha value is -2.50. The Balaban J connectivity index is 2.48. The Morgan fingerprint density at radius 3 is 2.65 bits per heavy atom. The SMILES string of the molecule is Cc1ccc(Oc2c(C(N)=NO)c(C)nn2C)c(C)c1. The Morgan fingerprint density at radius 2 is 2.05 bits per heavy atom. The summed E-state index contributed by atoms with van der Waals surface area (Å²) in [4.78, 5) is 0. The van der Waals surface area contributed by atoms with Gasteiger partial charge in [-0.3, -0.25) is 0 Å². The molecule has 0 aliphatic carbocycles. The number of ether oxygens (including phenoxy) is 1. The van der Waals surface area contributed by atoms with E-state index in [0.717, 1.165) is 11.1 Å². The number of nitrogens with two attached hydrogens (primary N) is 1. The molecule has 0 unspecified atom stereocenters. The second-order valence-electron chi connectivity index (χ2n) is 4.75. The van der Waals surface area contributed by atoms with Crippen LogP contribution in [0, 0.1) is 20.8 Å². The van der Waals surface area contributed by atoms with Gasteiger partial charge in [0.2, 0.25) is 5.88 Å². The number of aromatic nitrogens is 2. The second-order valence-corrected chi connectivity index (χ2v) is 4.75. The van der Waals surface area contributed by atoms with E-state index in [4.69, 9.17) is 15.7 Å². The van der Waals surface area contributed by atoms with Gasteiger partial charge in [0.15, 0.2) is 5.84 Å². The van der Waals surface area contributed by atoms with Gasteiger partial charge in [-0.15, -0.1) is 0 Å². The molecule has 0 amide bonds. The molecule has 0 radical (unpaired) electrons. The number of benzene rings is 1. The van der Waals surface area contributed by atoms with Crippen LogP contribution in [0.15, 0.2) is 23.4 Å². The van der Waals surface area contributed by atoms with Crippen LogP contribution in [0.2, 0.25) is 0 Å². The monoisotopic (exact) mass is 274 g/mol. The molecule has 1 heterocycles. The molecule has 1 aromatic heterocycles. The van der Waals surface area contributed by atoms with Crippen molar-refractivity contribution in [3.8, 4) is 11.6 Å². The van der Waals surface area contributed by atoms with Crippen LogP contribution < -0.4 is 10.5 Å². The summed E-state index contributed by atoms with van der Waals surface area (Å²) in [6.07, 6.45) is 0. The minimum absolute atomic E-state index is 0.0182. The zero-order chi connectivity index (χ0) is 14.9. The summed E-state index contributed by atoms with van der Waals surface area (Å²) in [6, 6.07) is 5.89. The van der Waals surface area contributed by atoms with Crippen molar-refractivity contribution in [3.05, 3.63) is 40.6 Å². The average Bonchev–Trinajstić information content (AvgIpc) is 2.66. The number of aryl methyl sites for hydroxylation is 4. The quantitative estimate of drug-likeness (QED) is 0.389. The lowest BCUT2D eigenvalue weighted by atomic mass is 10.1. The highest BCUT2D eigenvalue weighted by Gasteiger charge is 2.19. The van der Waals surface area contributed by atoms with Crippen molar-refractivity contribution in [3.63, 3.8) is 0 Å². The summed E-state index contributed by atoms with van der Waals surface area (Å²) >= 11 is 0. The molecule has 0 saturated carbocycles. The molecular weight excluding hydrogens is 256 g/mol. The highest BCUT2D eigenvalue weighted by molar-refractivity contribution is 6.00. The van der Waals surface area contributed by atoms with E-state index in [1.165, 1.54) is 0 Å². The van der Waals surface area contributed by atoms with Crippen molar-refractivity contribution in [1.82, 2.24) is 9.78 Å². The van der Waals surface area contributed by atoms with Gasteiger partial charge in [-0.1, -0.05) is 22.9 Å². The molecule has 0 saturated heterocycles. The first-order chi connectivity index (χ1) is 9.43. The molecule has 2 aromatic rings. The van der Waals surface area contributed by atoms with Crippen molar-refractivity contribution in [1.29, 1.82) is 0 Å². The zero-order valence-electron chi connectivity index (χ0n) is 12.0. The zero-order valence-corrected chi connectivity index (χ0v) is 12.0. The smallest absolute Gasteiger partial charge is 0.229 e. The van der Waals surface area contributed by atoms with Crippen LogP contribution in [0.25, 0.3) is 0 Å². The number of oxime groups is 1. The molecule has 1 aromatic carbocycles. The first-order valence-electron chi connectivity index (χ1n) is 6.20. The van der Waals surface area contributed by atoms with E-state index in [-0.39, 0.29) is 5.84 Å². The van der Waals surface area contributed by atoms with Crippen molar-refractivity contribution in [2.75, 3.05) is 0 Å². The summed E-state index contributed by atoms with van der Waals surface area (Å²) in [5.74, 6) is 1.14. The minimum Gasteiger partial charge on any atom is -0.438 e. The fraction of sp³-hybridized carbons (Fsp3) is 0.286. The average molecular weight is 274 g/mol. The summed E-state index contributed by atoms with van der Waals surface area (Å²) in [5, 5.41) is 16.1. The van der Waals surface area contributed by atoms with Gasteiger partial charge in [0.05, 0.1) is 5.69 Å². The molecule has 0 fully saturated rings. The Kier molecular flexibility index (Phi) is 3.65. The molecule has 0 atom stereocenters. The maximum absolute atomic E-state index is 8.87. The van der Waals surface area contributed by atoms with E-state index in [1.807, 2.05) is 32.0 Å². The molecule has 0 aliphatic rings. The van der Waals surface area contributed by atoms with Crippen LogP contribution in [-0.2, 0) is 7.05 Å². The molecular formula is C14H18N4O2. The van der Waals surface area contributed by atoms with Gasteiger partial charge in [0.25, 0.3) is 0 Å². The lowest BCUT2D eigenvalue weighted by Gasteiger charge is -2.11. The first-order valence-corrected chi connectivity index (χ1v) is 6.20. The van der Waals surface area contributed by atoms with Crippen LogP contribution in [-0.4, -0.2) is 20.8 Å². The van der Waals surface area contributed by atoms with Crippen molar-refractivity contribution in [2.45, 2.75) is 20.8 Å². The van der Waals surface area contributed by atoms with Gasteiger partial charge in [0.1, 0.15) is 11.3 Å². The molecule has 6 heteroatoms. The molecule has 0 aliphatic heterocycles. The predicted octanol–water partition coefficient (Wildman–Crippen LogP) is 2.23. The molecule has 0 spiro atoms. The molecule has 3 N–H and O–H groups in total. The lowest BCUT2D eigenvalue weighted by Crippen LogP contribution is -2.15. The fourth-order valence-electron chi connectivity index (χ4n) is 2.12. The van der Waals surface area contributed by atoms with E-state index in [2.05, 4.69) is 10.3 Å². The summed E-state index contributed by atoms with van der Waals surface area (Å²) in [7, 11) is 1.75. The van der Waals surface area contributed by atoms with Crippen LogP contribution in [0.1, 0.15) is 22.4 Å². The number of nitrogens with zero attached hydrogens (tertiary/aromatic N) is 3. The third-order valence-electron chi connectivity index (χ3n) is 3.07. The third kappa shape index (κ3) is 2.45. The summed E-state index contributed by atoms with van der Waals surface area (Å²) < 4.78 is 7.47. The fourth-order valence-corrected chi connectivity index (χ4v) is 2.12. The molecule has 0 bridgehead atoms. The highest BCUT2D eigenvalue weighted by Crippen LogP contribution is 2.29. The Labute approximate surface area is 117 Å². The molecule has 106 valence electrons. The van der Waals surface area contributed by atoms with E-state index in [1.54, 1.807) is 18.7 Å². The van der Waals surface area contributed by atoms with Gasteiger partial charge < -0.3 is 15.7 Å². The van der Waals surface area contributed by atoms with E-state index >= 15 is 0 Å². The van der Waals surface area contributed by atoms with E-state index < -0.39 is 0 Å². The van der Waals surface area contributed by atoms with E-state index in [9.17, 15) is 0 Å². The lowest BCUT2D eigenvalue weighted by molar-refractivity contribution is 0.318. The number of hydrogen-bond acceptors (Lipinski definition) is 4. The topological polar surface area (TPSA) is 85.7 Å².